The molecule has 2 atom stereocenters. The molecule has 1 heterocycles. The molecular formula is C20H31ClN4O2. The molecule has 0 saturated carbocycles. The van der Waals surface area contributed by atoms with Crippen LogP contribution in [0.5, 0.6) is 0 Å². The summed E-state index contributed by atoms with van der Waals surface area (Å²) < 4.78 is 0. The van der Waals surface area contributed by atoms with Gasteiger partial charge in [-0.3, -0.25) is 14.5 Å². The molecule has 27 heavy (non-hydrogen) atoms. The Morgan fingerprint density at radius 1 is 1.19 bits per heavy atom. The highest BCUT2D eigenvalue weighted by molar-refractivity contribution is 6.30. The second-order valence-corrected chi connectivity index (χ2v) is 8.24. The van der Waals surface area contributed by atoms with Crippen molar-refractivity contribution in [2.75, 3.05) is 40.3 Å². The number of amides is 2. The first-order valence-corrected chi connectivity index (χ1v) is 9.87. The molecule has 2 rings (SSSR count). The van der Waals surface area contributed by atoms with Gasteiger partial charge in [0.15, 0.2) is 0 Å². The lowest BCUT2D eigenvalue weighted by Crippen LogP contribution is -2.56. The van der Waals surface area contributed by atoms with Crippen molar-refractivity contribution < 1.29 is 9.59 Å². The van der Waals surface area contributed by atoms with E-state index in [-0.39, 0.29) is 23.8 Å². The summed E-state index contributed by atoms with van der Waals surface area (Å²) in [7, 11) is 4.17. The monoisotopic (exact) mass is 394 g/mol. The van der Waals surface area contributed by atoms with Gasteiger partial charge < -0.3 is 15.5 Å². The summed E-state index contributed by atoms with van der Waals surface area (Å²) in [5.41, 5.74) is 0.495. The van der Waals surface area contributed by atoms with E-state index >= 15 is 0 Å². The molecule has 1 aromatic carbocycles. The maximum Gasteiger partial charge on any atom is 0.251 e. The second kappa shape index (κ2) is 10.1. The Morgan fingerprint density at radius 3 is 2.48 bits per heavy atom. The van der Waals surface area contributed by atoms with Crippen LogP contribution in [-0.4, -0.2) is 74.0 Å². The lowest BCUT2D eigenvalue weighted by Gasteiger charge is -2.38. The van der Waals surface area contributed by atoms with Gasteiger partial charge in [-0.1, -0.05) is 25.4 Å². The van der Waals surface area contributed by atoms with Crippen molar-refractivity contribution in [1.29, 1.82) is 0 Å². The maximum absolute atomic E-state index is 12.8. The fourth-order valence-electron chi connectivity index (χ4n) is 3.21. The van der Waals surface area contributed by atoms with Gasteiger partial charge in [-0.15, -0.1) is 0 Å². The highest BCUT2D eigenvalue weighted by Crippen LogP contribution is 2.11. The quantitative estimate of drug-likeness (QED) is 0.740. The lowest BCUT2D eigenvalue weighted by molar-refractivity contribution is -0.123. The number of hydrogen-bond acceptors (Lipinski definition) is 4. The van der Waals surface area contributed by atoms with Gasteiger partial charge in [0.1, 0.15) is 6.04 Å². The molecule has 0 aliphatic carbocycles. The van der Waals surface area contributed by atoms with Gasteiger partial charge in [-0.25, -0.2) is 0 Å². The van der Waals surface area contributed by atoms with E-state index in [0.29, 0.717) is 23.6 Å². The number of nitrogens with zero attached hydrogens (tertiary/aromatic N) is 2. The second-order valence-electron chi connectivity index (χ2n) is 7.80. The third-order valence-electron chi connectivity index (χ3n) is 4.93. The van der Waals surface area contributed by atoms with Crippen LogP contribution in [0.4, 0.5) is 0 Å². The Morgan fingerprint density at radius 2 is 1.85 bits per heavy atom. The van der Waals surface area contributed by atoms with E-state index in [0.717, 1.165) is 19.6 Å². The summed E-state index contributed by atoms with van der Waals surface area (Å²) in [4.78, 5) is 29.8. The number of likely N-dealkylation sites (N-methyl/N-ethyl adjacent to an activating group) is 2. The standard InChI is InChI=1S/C20H31ClN4O2/c1-14(2)11-18(23-19(26)15-5-7-16(21)8-6-15)20(27)22-12-17-13-24(3)9-10-25(17)4/h5-8,14,17-18H,9-13H2,1-4H3,(H,22,27)(H,23,26). The molecule has 1 fully saturated rings. The topological polar surface area (TPSA) is 64.7 Å². The van der Waals surface area contributed by atoms with Crippen molar-refractivity contribution in [3.05, 3.63) is 34.9 Å². The van der Waals surface area contributed by atoms with Crippen molar-refractivity contribution in [3.63, 3.8) is 0 Å². The van der Waals surface area contributed by atoms with Crippen LogP contribution in [0.15, 0.2) is 24.3 Å². The van der Waals surface area contributed by atoms with E-state index in [9.17, 15) is 9.59 Å². The molecule has 1 aliphatic rings. The van der Waals surface area contributed by atoms with Crippen molar-refractivity contribution in [3.8, 4) is 0 Å². The van der Waals surface area contributed by atoms with E-state index in [2.05, 4.69) is 34.5 Å². The first-order chi connectivity index (χ1) is 12.8. The van der Waals surface area contributed by atoms with Crippen LogP contribution in [0.25, 0.3) is 0 Å². The van der Waals surface area contributed by atoms with E-state index in [1.807, 2.05) is 13.8 Å². The van der Waals surface area contributed by atoms with Crippen LogP contribution in [0.3, 0.4) is 0 Å². The van der Waals surface area contributed by atoms with Crippen molar-refractivity contribution in [2.24, 2.45) is 5.92 Å². The molecule has 2 N–H and O–H groups in total. The Bertz CT molecular complexity index is 635. The molecule has 2 amide bonds. The van der Waals surface area contributed by atoms with E-state index < -0.39 is 6.04 Å². The average Bonchev–Trinajstić information content (AvgIpc) is 2.61. The zero-order valence-corrected chi connectivity index (χ0v) is 17.4. The minimum Gasteiger partial charge on any atom is -0.353 e. The van der Waals surface area contributed by atoms with Crippen molar-refractivity contribution in [2.45, 2.75) is 32.4 Å². The minimum absolute atomic E-state index is 0.132. The zero-order valence-electron chi connectivity index (χ0n) is 16.7. The molecular weight excluding hydrogens is 364 g/mol. The zero-order chi connectivity index (χ0) is 20.0. The number of halogens is 1. The number of hydrogen-bond donors (Lipinski definition) is 2. The summed E-state index contributed by atoms with van der Waals surface area (Å²) >= 11 is 5.88. The molecule has 0 bridgehead atoms. The first-order valence-electron chi connectivity index (χ1n) is 9.49. The largest absolute Gasteiger partial charge is 0.353 e. The summed E-state index contributed by atoms with van der Waals surface area (Å²) in [5.74, 6) is -0.107. The molecule has 0 aromatic heterocycles. The Hall–Kier alpha value is -1.63. The van der Waals surface area contributed by atoms with Crippen LogP contribution in [0.1, 0.15) is 30.6 Å². The third-order valence-corrected chi connectivity index (χ3v) is 5.18. The lowest BCUT2D eigenvalue weighted by atomic mass is 10.0. The van der Waals surface area contributed by atoms with E-state index in [1.54, 1.807) is 24.3 Å². The summed E-state index contributed by atoms with van der Waals surface area (Å²) in [5, 5.41) is 6.48. The number of benzene rings is 1. The minimum atomic E-state index is -0.556. The molecule has 2 unspecified atom stereocenters. The Balaban J connectivity index is 1.96. The SMILES string of the molecule is CC(C)CC(NC(=O)c1ccc(Cl)cc1)C(=O)NCC1CN(C)CCN1C. The number of nitrogens with one attached hydrogen (secondary N) is 2. The fourth-order valence-corrected chi connectivity index (χ4v) is 3.34. The van der Waals surface area contributed by atoms with Crippen LogP contribution in [-0.2, 0) is 4.79 Å². The molecule has 0 radical (unpaired) electrons. The molecule has 1 aliphatic heterocycles. The molecule has 6 nitrogen and oxygen atoms in total. The average molecular weight is 395 g/mol. The van der Waals surface area contributed by atoms with Crippen LogP contribution < -0.4 is 10.6 Å². The number of carbonyl (C=O) groups excluding carboxylic acids is 2. The molecule has 7 heteroatoms. The smallest absolute Gasteiger partial charge is 0.251 e. The van der Waals surface area contributed by atoms with Crippen molar-refractivity contribution >= 4 is 23.4 Å². The Labute approximate surface area is 167 Å². The number of rotatable bonds is 7. The number of piperazine rings is 1. The molecule has 1 saturated heterocycles. The number of carbonyl (C=O) groups is 2. The predicted molar refractivity (Wildman–Crippen MR) is 109 cm³/mol. The summed E-state index contributed by atoms with van der Waals surface area (Å²) in [6, 6.07) is 6.38. The summed E-state index contributed by atoms with van der Waals surface area (Å²) in [6.45, 7) is 7.60. The predicted octanol–water partition coefficient (Wildman–Crippen LogP) is 1.85. The molecule has 150 valence electrons. The van der Waals surface area contributed by atoms with E-state index in [4.69, 9.17) is 11.6 Å². The molecule has 1 aromatic rings. The third kappa shape index (κ3) is 6.79. The van der Waals surface area contributed by atoms with Gasteiger partial charge in [0, 0.05) is 42.8 Å². The Kier molecular flexibility index (Phi) is 8.07. The normalized spacial score (nSPS) is 19.7. The first kappa shape index (κ1) is 21.7. The fraction of sp³-hybridized carbons (Fsp3) is 0.600. The van der Waals surface area contributed by atoms with Gasteiger partial charge in [0.2, 0.25) is 5.91 Å². The van der Waals surface area contributed by atoms with Gasteiger partial charge in [-0.2, -0.15) is 0 Å². The summed E-state index contributed by atoms with van der Waals surface area (Å²) in [6.07, 6.45) is 0.589. The van der Waals surface area contributed by atoms with Gasteiger partial charge in [0.25, 0.3) is 5.91 Å². The van der Waals surface area contributed by atoms with Crippen molar-refractivity contribution in [1.82, 2.24) is 20.4 Å². The maximum atomic E-state index is 12.8. The van der Waals surface area contributed by atoms with Gasteiger partial charge >= 0.3 is 0 Å². The van der Waals surface area contributed by atoms with Crippen LogP contribution in [0, 0.1) is 5.92 Å². The van der Waals surface area contributed by atoms with Crippen LogP contribution >= 0.6 is 11.6 Å². The van der Waals surface area contributed by atoms with Crippen LogP contribution in [0.2, 0.25) is 5.02 Å². The highest BCUT2D eigenvalue weighted by atomic mass is 35.5. The molecule has 0 spiro atoms. The van der Waals surface area contributed by atoms with Gasteiger partial charge in [0.05, 0.1) is 0 Å². The van der Waals surface area contributed by atoms with Gasteiger partial charge in [-0.05, 0) is 50.7 Å². The van der Waals surface area contributed by atoms with E-state index in [1.165, 1.54) is 0 Å². The highest BCUT2D eigenvalue weighted by Gasteiger charge is 2.26.